The Morgan fingerprint density at radius 3 is 2.29 bits per heavy atom. The molecule has 0 saturated carbocycles. The predicted molar refractivity (Wildman–Crippen MR) is 170 cm³/mol. The van der Waals surface area contributed by atoms with Crippen molar-refractivity contribution in [2.45, 2.75) is 72.4 Å². The van der Waals surface area contributed by atoms with Gasteiger partial charge in [-0.3, -0.25) is 14.4 Å². The van der Waals surface area contributed by atoms with Crippen molar-refractivity contribution in [2.75, 3.05) is 27.2 Å². The van der Waals surface area contributed by atoms with Crippen molar-refractivity contribution in [3.8, 4) is 11.1 Å². The molecule has 3 rings (SSSR count). The Hall–Kier alpha value is -3.92. The van der Waals surface area contributed by atoms with E-state index in [2.05, 4.69) is 5.32 Å². The van der Waals surface area contributed by atoms with Crippen LogP contribution in [0.15, 0.2) is 53.5 Å². The van der Waals surface area contributed by atoms with Gasteiger partial charge in [0.25, 0.3) is 12.0 Å². The smallest absolute Gasteiger partial charge is 0.308 e. The van der Waals surface area contributed by atoms with Crippen LogP contribution < -0.4 is 10.9 Å². The number of aromatic nitrogens is 1. The molecular formula is C35H44F3N3O4. The first-order chi connectivity index (χ1) is 21.2. The molecule has 1 amide bonds. The number of alkyl halides is 2. The number of pyridine rings is 1. The summed E-state index contributed by atoms with van der Waals surface area (Å²) in [4.78, 5) is 42.0. The highest BCUT2D eigenvalue weighted by Crippen LogP contribution is 2.31. The predicted octanol–water partition coefficient (Wildman–Crippen LogP) is 6.71. The van der Waals surface area contributed by atoms with E-state index in [0.717, 1.165) is 26.8 Å². The lowest BCUT2D eigenvalue weighted by Crippen LogP contribution is -2.41. The zero-order valence-electron chi connectivity index (χ0n) is 27.1. The van der Waals surface area contributed by atoms with Crippen molar-refractivity contribution >= 4 is 11.9 Å². The standard InChI is InChI=1S/C35H44F3N3O4/c1-8-45-31(42)19-29(25-10-9-11-26(18-25)32-22(4)15-27(36)16-23(32)5)39-34(43)30(14-21(2)3)41-20-24(12-13-40(6)7)17-28(33(37)38)35(41)44/h9-11,15-18,20-21,29-30,33H,8,12-14,19H2,1-7H3,(H,39,43)/t29-,30?/m0/s1. The number of benzene rings is 2. The van der Waals surface area contributed by atoms with E-state index in [1.54, 1.807) is 19.1 Å². The zero-order chi connectivity index (χ0) is 33.4. The van der Waals surface area contributed by atoms with Crippen LogP contribution >= 0.6 is 0 Å². The number of likely N-dealkylation sites (N-methyl/N-ethyl adjacent to an activating group) is 1. The summed E-state index contributed by atoms with van der Waals surface area (Å²) >= 11 is 0. The number of rotatable bonds is 14. The normalized spacial score (nSPS) is 12.9. The van der Waals surface area contributed by atoms with Gasteiger partial charge < -0.3 is 19.5 Å². The van der Waals surface area contributed by atoms with Crippen LogP contribution in [-0.4, -0.2) is 48.6 Å². The van der Waals surface area contributed by atoms with Gasteiger partial charge in [-0.2, -0.15) is 0 Å². The highest BCUT2D eigenvalue weighted by atomic mass is 19.3. The molecule has 1 aromatic heterocycles. The number of amides is 1. The maximum absolute atomic E-state index is 14.1. The second-order valence-electron chi connectivity index (χ2n) is 12.1. The molecule has 1 N–H and O–H groups in total. The van der Waals surface area contributed by atoms with Crippen LogP contribution in [0, 0.1) is 25.6 Å². The molecule has 0 aliphatic rings. The Morgan fingerprint density at radius 2 is 1.71 bits per heavy atom. The van der Waals surface area contributed by atoms with Crippen molar-refractivity contribution < 1.29 is 27.5 Å². The third-order valence-electron chi connectivity index (χ3n) is 7.61. The Labute approximate surface area is 263 Å². The second kappa shape index (κ2) is 15.9. The van der Waals surface area contributed by atoms with Gasteiger partial charge in [-0.05, 0) is 111 Å². The number of hydrogen-bond acceptors (Lipinski definition) is 5. The minimum Gasteiger partial charge on any atom is -0.466 e. The second-order valence-corrected chi connectivity index (χ2v) is 12.1. The molecule has 7 nitrogen and oxygen atoms in total. The Bertz CT molecular complexity index is 1530. The van der Waals surface area contributed by atoms with Gasteiger partial charge in [0.05, 0.1) is 24.6 Å². The monoisotopic (exact) mass is 627 g/mol. The quantitative estimate of drug-likeness (QED) is 0.201. The molecule has 2 aromatic carbocycles. The summed E-state index contributed by atoms with van der Waals surface area (Å²) in [5.74, 6) is -1.52. The summed E-state index contributed by atoms with van der Waals surface area (Å²) in [6, 6.07) is 9.40. The molecule has 0 saturated heterocycles. The average Bonchev–Trinajstić information content (AvgIpc) is 2.94. The number of carbonyl (C=O) groups is 2. The first-order valence-corrected chi connectivity index (χ1v) is 15.2. The Morgan fingerprint density at radius 1 is 1.04 bits per heavy atom. The molecule has 1 heterocycles. The highest BCUT2D eigenvalue weighted by molar-refractivity contribution is 5.82. The van der Waals surface area contributed by atoms with Crippen molar-refractivity contribution in [3.63, 3.8) is 0 Å². The number of ether oxygens (including phenoxy) is 1. The van der Waals surface area contributed by atoms with Crippen LogP contribution in [0.25, 0.3) is 11.1 Å². The molecule has 45 heavy (non-hydrogen) atoms. The number of esters is 1. The summed E-state index contributed by atoms with van der Waals surface area (Å²) in [6.07, 6.45) is -1.11. The largest absolute Gasteiger partial charge is 0.466 e. The topological polar surface area (TPSA) is 80.6 Å². The van der Waals surface area contributed by atoms with Crippen LogP contribution in [0.3, 0.4) is 0 Å². The molecule has 2 atom stereocenters. The molecule has 0 aliphatic heterocycles. The van der Waals surface area contributed by atoms with Crippen LogP contribution in [-0.2, 0) is 20.7 Å². The van der Waals surface area contributed by atoms with E-state index >= 15 is 0 Å². The van der Waals surface area contributed by atoms with Gasteiger partial charge in [-0.25, -0.2) is 13.2 Å². The van der Waals surface area contributed by atoms with Gasteiger partial charge in [0.1, 0.15) is 11.9 Å². The van der Waals surface area contributed by atoms with E-state index in [4.69, 9.17) is 4.74 Å². The number of nitrogens with zero attached hydrogens (tertiary/aromatic N) is 2. The lowest BCUT2D eigenvalue weighted by Gasteiger charge is -2.26. The Balaban J connectivity index is 2.09. The number of halogens is 3. The van der Waals surface area contributed by atoms with E-state index in [1.807, 2.05) is 58.8 Å². The fourth-order valence-electron chi connectivity index (χ4n) is 5.54. The van der Waals surface area contributed by atoms with Gasteiger partial charge in [-0.1, -0.05) is 32.0 Å². The maximum atomic E-state index is 14.1. The van der Waals surface area contributed by atoms with Gasteiger partial charge >= 0.3 is 5.97 Å². The number of aryl methyl sites for hydroxylation is 2. The van der Waals surface area contributed by atoms with Crippen molar-refractivity contribution in [1.29, 1.82) is 0 Å². The van der Waals surface area contributed by atoms with E-state index in [-0.39, 0.29) is 31.2 Å². The average molecular weight is 628 g/mol. The molecule has 1 unspecified atom stereocenters. The zero-order valence-corrected chi connectivity index (χ0v) is 27.1. The minimum atomic E-state index is -3.01. The van der Waals surface area contributed by atoms with Crippen LogP contribution in [0.1, 0.15) is 79.9 Å². The van der Waals surface area contributed by atoms with Crippen LogP contribution in [0.5, 0.6) is 0 Å². The fourth-order valence-corrected chi connectivity index (χ4v) is 5.54. The molecule has 0 radical (unpaired) electrons. The van der Waals surface area contributed by atoms with Crippen LogP contribution in [0.2, 0.25) is 0 Å². The van der Waals surface area contributed by atoms with E-state index in [1.165, 1.54) is 24.4 Å². The highest BCUT2D eigenvalue weighted by Gasteiger charge is 2.29. The van der Waals surface area contributed by atoms with Crippen molar-refractivity contribution in [3.05, 3.63) is 92.6 Å². The molecular weight excluding hydrogens is 583 g/mol. The molecule has 0 bridgehead atoms. The molecule has 244 valence electrons. The fraction of sp³-hybridized carbons (Fsp3) is 0.457. The Kier molecular flexibility index (Phi) is 12.6. The maximum Gasteiger partial charge on any atom is 0.308 e. The summed E-state index contributed by atoms with van der Waals surface area (Å²) in [7, 11) is 3.72. The third-order valence-corrected chi connectivity index (χ3v) is 7.61. The first kappa shape index (κ1) is 35.6. The van der Waals surface area contributed by atoms with Gasteiger partial charge in [-0.15, -0.1) is 0 Å². The van der Waals surface area contributed by atoms with E-state index in [9.17, 15) is 27.6 Å². The van der Waals surface area contributed by atoms with Gasteiger partial charge in [0.15, 0.2) is 0 Å². The van der Waals surface area contributed by atoms with Crippen molar-refractivity contribution in [2.24, 2.45) is 5.92 Å². The minimum absolute atomic E-state index is 0.0654. The molecule has 3 aromatic rings. The lowest BCUT2D eigenvalue weighted by molar-refractivity contribution is -0.144. The van der Waals surface area contributed by atoms with Gasteiger partial charge in [0.2, 0.25) is 5.91 Å². The van der Waals surface area contributed by atoms with E-state index in [0.29, 0.717) is 24.1 Å². The summed E-state index contributed by atoms with van der Waals surface area (Å²) in [5.41, 5.74) is 2.60. The third kappa shape index (κ3) is 9.53. The van der Waals surface area contributed by atoms with Gasteiger partial charge in [0, 0.05) is 12.7 Å². The lowest BCUT2D eigenvalue weighted by atomic mass is 9.92. The summed E-state index contributed by atoms with van der Waals surface area (Å²) < 4.78 is 48.4. The number of carbonyl (C=O) groups excluding carboxylic acids is 2. The van der Waals surface area contributed by atoms with Crippen LogP contribution in [0.4, 0.5) is 13.2 Å². The molecule has 10 heteroatoms. The first-order valence-electron chi connectivity index (χ1n) is 15.2. The summed E-state index contributed by atoms with van der Waals surface area (Å²) in [6.45, 7) is 9.77. The molecule has 0 aliphatic carbocycles. The molecule has 0 spiro atoms. The van der Waals surface area contributed by atoms with E-state index < -0.39 is 41.5 Å². The summed E-state index contributed by atoms with van der Waals surface area (Å²) in [5, 5.41) is 2.93. The molecule has 0 fully saturated rings. The number of nitrogens with one attached hydrogen (secondary N) is 1. The SMILES string of the molecule is CCOC(=O)C[C@H](NC(=O)C(CC(C)C)n1cc(CCN(C)C)cc(C(F)F)c1=O)c1cccc(-c2c(C)cc(F)cc2C)c1. The number of hydrogen-bond donors (Lipinski definition) is 1. The van der Waals surface area contributed by atoms with Crippen molar-refractivity contribution in [1.82, 2.24) is 14.8 Å².